The summed E-state index contributed by atoms with van der Waals surface area (Å²) in [5, 5.41) is 13.6. The van der Waals surface area contributed by atoms with Crippen molar-refractivity contribution < 1.29 is 19.2 Å². The summed E-state index contributed by atoms with van der Waals surface area (Å²) in [5.41, 5.74) is 0.419. The number of nitrogens with zero attached hydrogens (tertiary/aromatic N) is 2. The molecule has 2 heterocycles. The number of nitro benzene ring substituents is 1. The molecule has 1 aromatic heterocycles. The van der Waals surface area contributed by atoms with Gasteiger partial charge in [-0.2, -0.15) is 0 Å². The summed E-state index contributed by atoms with van der Waals surface area (Å²) < 4.78 is 11.0. The van der Waals surface area contributed by atoms with Crippen LogP contribution < -0.4 is 10.1 Å². The predicted molar refractivity (Wildman–Crippen MR) is 94.8 cm³/mol. The summed E-state index contributed by atoms with van der Waals surface area (Å²) in [6.07, 6.45) is 2.85. The van der Waals surface area contributed by atoms with Gasteiger partial charge in [-0.1, -0.05) is 17.7 Å². The average Bonchev–Trinajstić information content (AvgIpc) is 2.64. The van der Waals surface area contributed by atoms with E-state index in [9.17, 15) is 14.9 Å². The van der Waals surface area contributed by atoms with Gasteiger partial charge in [-0.05, 0) is 12.1 Å². The number of carbonyl (C=O) groups excluding carboxylic acids is 1. The minimum Gasteiger partial charge on any atom is -0.473 e. The Bertz CT molecular complexity index is 824. The third-order valence-electron chi connectivity index (χ3n) is 3.83. The van der Waals surface area contributed by atoms with Crippen LogP contribution in [0.4, 0.5) is 11.4 Å². The number of halogens is 1. The second-order valence-electron chi connectivity index (χ2n) is 5.70. The molecule has 8 nitrogen and oxygen atoms in total. The van der Waals surface area contributed by atoms with Crippen LogP contribution in [0.15, 0.2) is 36.5 Å². The van der Waals surface area contributed by atoms with Crippen molar-refractivity contribution in [1.82, 2.24) is 4.98 Å². The van der Waals surface area contributed by atoms with Gasteiger partial charge in [0.1, 0.15) is 11.1 Å². The number of anilines is 1. The molecule has 0 spiro atoms. The van der Waals surface area contributed by atoms with E-state index in [1.807, 2.05) is 0 Å². The molecule has 0 saturated carbocycles. The lowest BCUT2D eigenvalue weighted by molar-refractivity contribution is -0.384. The van der Waals surface area contributed by atoms with Gasteiger partial charge in [-0.25, -0.2) is 4.98 Å². The van der Waals surface area contributed by atoms with Crippen LogP contribution in [-0.2, 0) is 4.74 Å². The Labute approximate surface area is 154 Å². The normalized spacial score (nSPS) is 14.7. The maximum Gasteiger partial charge on any atom is 0.271 e. The van der Waals surface area contributed by atoms with Crippen LogP contribution in [0, 0.1) is 10.1 Å². The zero-order valence-electron chi connectivity index (χ0n) is 13.7. The second-order valence-corrected chi connectivity index (χ2v) is 6.11. The van der Waals surface area contributed by atoms with Crippen LogP contribution in [-0.4, -0.2) is 35.1 Å². The first-order valence-electron chi connectivity index (χ1n) is 7.98. The molecular formula is C17H16ClN3O5. The van der Waals surface area contributed by atoms with Crippen LogP contribution in [0.25, 0.3) is 0 Å². The first-order chi connectivity index (χ1) is 12.5. The lowest BCUT2D eigenvalue weighted by Crippen LogP contribution is -2.26. The first kappa shape index (κ1) is 18.1. The summed E-state index contributed by atoms with van der Waals surface area (Å²) in [6.45, 7) is 1.26. The molecule has 26 heavy (non-hydrogen) atoms. The Kier molecular flexibility index (Phi) is 5.65. The van der Waals surface area contributed by atoms with Crippen molar-refractivity contribution in [2.45, 2.75) is 18.9 Å². The molecule has 3 rings (SSSR count). The van der Waals surface area contributed by atoms with Crippen LogP contribution in [0.5, 0.6) is 5.88 Å². The molecule has 1 aliphatic heterocycles. The molecule has 1 aromatic carbocycles. The number of nitrogens with one attached hydrogen (secondary N) is 1. The molecule has 0 bridgehead atoms. The van der Waals surface area contributed by atoms with Gasteiger partial charge in [0, 0.05) is 36.9 Å². The van der Waals surface area contributed by atoms with E-state index < -0.39 is 10.8 Å². The fourth-order valence-corrected chi connectivity index (χ4v) is 2.70. The van der Waals surface area contributed by atoms with Gasteiger partial charge in [0.05, 0.1) is 23.7 Å². The zero-order chi connectivity index (χ0) is 18.5. The Balaban J connectivity index is 1.69. The molecule has 2 aromatic rings. The van der Waals surface area contributed by atoms with Crippen molar-refractivity contribution in [3.05, 3.63) is 57.2 Å². The van der Waals surface area contributed by atoms with E-state index in [1.165, 1.54) is 30.5 Å². The van der Waals surface area contributed by atoms with E-state index in [0.717, 1.165) is 12.8 Å². The smallest absolute Gasteiger partial charge is 0.271 e. The van der Waals surface area contributed by atoms with E-state index in [-0.39, 0.29) is 28.3 Å². The molecule has 1 saturated heterocycles. The van der Waals surface area contributed by atoms with Crippen molar-refractivity contribution in [1.29, 1.82) is 0 Å². The molecule has 1 amide bonds. The number of hydrogen-bond donors (Lipinski definition) is 1. The Morgan fingerprint density at radius 2 is 2.12 bits per heavy atom. The summed E-state index contributed by atoms with van der Waals surface area (Å²) in [4.78, 5) is 26.7. The number of nitro groups is 1. The molecule has 0 unspecified atom stereocenters. The SMILES string of the molecule is O=C(Nc1cccc([N+](=O)[O-])c1)c1cnc(OC2CCOCC2)c(Cl)c1. The van der Waals surface area contributed by atoms with Gasteiger partial charge < -0.3 is 14.8 Å². The number of aromatic nitrogens is 1. The monoisotopic (exact) mass is 377 g/mol. The minimum absolute atomic E-state index is 0.0155. The molecular weight excluding hydrogens is 362 g/mol. The van der Waals surface area contributed by atoms with Crippen LogP contribution >= 0.6 is 11.6 Å². The lowest BCUT2D eigenvalue weighted by atomic mass is 10.1. The molecule has 1 N–H and O–H groups in total. The van der Waals surface area contributed by atoms with Gasteiger partial charge in [0.25, 0.3) is 11.6 Å². The van der Waals surface area contributed by atoms with Crippen molar-refractivity contribution in [2.75, 3.05) is 18.5 Å². The topological polar surface area (TPSA) is 104 Å². The Hall–Kier alpha value is -2.71. The standard InChI is InChI=1S/C17H16ClN3O5/c18-15-8-11(10-19-17(15)26-14-4-6-25-7-5-14)16(22)20-12-2-1-3-13(9-12)21(23)24/h1-3,8-10,14H,4-7H2,(H,20,22). The van der Waals surface area contributed by atoms with Gasteiger partial charge in [-0.15, -0.1) is 0 Å². The van der Waals surface area contributed by atoms with Crippen molar-refractivity contribution >= 4 is 28.9 Å². The number of non-ortho nitro benzene ring substituents is 1. The van der Waals surface area contributed by atoms with E-state index >= 15 is 0 Å². The Morgan fingerprint density at radius 3 is 2.81 bits per heavy atom. The zero-order valence-corrected chi connectivity index (χ0v) is 14.4. The van der Waals surface area contributed by atoms with Crippen LogP contribution in [0.2, 0.25) is 5.02 Å². The lowest BCUT2D eigenvalue weighted by Gasteiger charge is -2.23. The molecule has 1 fully saturated rings. The largest absolute Gasteiger partial charge is 0.473 e. The summed E-state index contributed by atoms with van der Waals surface area (Å²) in [7, 11) is 0. The number of ether oxygens (including phenoxy) is 2. The van der Waals surface area contributed by atoms with Gasteiger partial charge in [-0.3, -0.25) is 14.9 Å². The first-order valence-corrected chi connectivity index (χ1v) is 8.36. The molecule has 1 aliphatic rings. The highest BCUT2D eigenvalue weighted by atomic mass is 35.5. The third kappa shape index (κ3) is 4.47. The quantitative estimate of drug-likeness (QED) is 0.632. The molecule has 136 valence electrons. The number of hydrogen-bond acceptors (Lipinski definition) is 6. The summed E-state index contributed by atoms with van der Waals surface area (Å²) in [6, 6.07) is 7.12. The number of rotatable bonds is 5. The van der Waals surface area contributed by atoms with Gasteiger partial charge in [0.2, 0.25) is 5.88 Å². The number of amides is 1. The number of pyridine rings is 1. The van der Waals surface area contributed by atoms with Crippen molar-refractivity contribution in [2.24, 2.45) is 0 Å². The Morgan fingerprint density at radius 1 is 1.35 bits per heavy atom. The van der Waals surface area contributed by atoms with Crippen molar-refractivity contribution in [3.8, 4) is 5.88 Å². The summed E-state index contributed by atoms with van der Waals surface area (Å²) in [5.74, 6) is -0.206. The highest BCUT2D eigenvalue weighted by Gasteiger charge is 2.18. The second kappa shape index (κ2) is 8.11. The van der Waals surface area contributed by atoms with E-state index in [1.54, 1.807) is 6.07 Å². The van der Waals surface area contributed by atoms with Gasteiger partial charge in [0.15, 0.2) is 0 Å². The summed E-state index contributed by atoms with van der Waals surface area (Å²) >= 11 is 6.17. The highest BCUT2D eigenvalue weighted by molar-refractivity contribution is 6.32. The maximum atomic E-state index is 12.3. The fraction of sp³-hybridized carbons (Fsp3) is 0.294. The molecule has 0 radical (unpaired) electrons. The maximum absolute atomic E-state index is 12.3. The minimum atomic E-state index is -0.531. The van der Waals surface area contributed by atoms with Gasteiger partial charge >= 0.3 is 0 Å². The molecule has 0 aliphatic carbocycles. The van der Waals surface area contributed by atoms with Crippen LogP contribution in [0.1, 0.15) is 23.2 Å². The molecule has 9 heteroatoms. The van der Waals surface area contributed by atoms with E-state index in [2.05, 4.69) is 10.3 Å². The van der Waals surface area contributed by atoms with Crippen LogP contribution in [0.3, 0.4) is 0 Å². The number of benzene rings is 1. The van der Waals surface area contributed by atoms with E-state index in [0.29, 0.717) is 18.9 Å². The fourth-order valence-electron chi connectivity index (χ4n) is 2.49. The predicted octanol–water partition coefficient (Wildman–Crippen LogP) is 3.45. The third-order valence-corrected chi connectivity index (χ3v) is 4.10. The highest BCUT2D eigenvalue weighted by Crippen LogP contribution is 2.26. The number of carbonyl (C=O) groups is 1. The molecule has 0 atom stereocenters. The average molecular weight is 378 g/mol. The van der Waals surface area contributed by atoms with Crippen molar-refractivity contribution in [3.63, 3.8) is 0 Å². The van der Waals surface area contributed by atoms with E-state index in [4.69, 9.17) is 21.1 Å².